The minimum atomic E-state index is -0.123. The summed E-state index contributed by atoms with van der Waals surface area (Å²) in [6.07, 6.45) is 1.65. The SMILES string of the molecule is CCNC(c1ccco1)c1cc(OC)c(OC)cc1Cl. The first kappa shape index (κ1) is 14.8. The highest BCUT2D eigenvalue weighted by molar-refractivity contribution is 6.31. The number of furan rings is 1. The molecule has 0 amide bonds. The number of halogens is 1. The summed E-state index contributed by atoms with van der Waals surface area (Å²) in [7, 11) is 3.19. The van der Waals surface area contributed by atoms with Crippen LogP contribution >= 0.6 is 11.6 Å². The van der Waals surface area contributed by atoms with Gasteiger partial charge in [0.25, 0.3) is 0 Å². The van der Waals surface area contributed by atoms with Crippen molar-refractivity contribution in [2.75, 3.05) is 20.8 Å². The molecule has 0 radical (unpaired) electrons. The first-order valence-electron chi connectivity index (χ1n) is 6.39. The zero-order chi connectivity index (χ0) is 14.5. The molecule has 0 aliphatic rings. The van der Waals surface area contributed by atoms with Crippen molar-refractivity contribution in [1.29, 1.82) is 0 Å². The Morgan fingerprint density at radius 1 is 1.25 bits per heavy atom. The van der Waals surface area contributed by atoms with Gasteiger partial charge in [-0.2, -0.15) is 0 Å². The average molecular weight is 296 g/mol. The van der Waals surface area contributed by atoms with Crippen molar-refractivity contribution in [3.63, 3.8) is 0 Å². The largest absolute Gasteiger partial charge is 0.493 e. The van der Waals surface area contributed by atoms with Crippen molar-refractivity contribution in [1.82, 2.24) is 5.32 Å². The molecule has 0 saturated heterocycles. The van der Waals surface area contributed by atoms with E-state index in [1.165, 1.54) is 0 Å². The molecular weight excluding hydrogens is 278 g/mol. The number of ether oxygens (including phenoxy) is 2. The molecule has 2 aromatic rings. The zero-order valence-electron chi connectivity index (χ0n) is 11.8. The molecule has 5 heteroatoms. The highest BCUT2D eigenvalue weighted by Gasteiger charge is 2.21. The van der Waals surface area contributed by atoms with Gasteiger partial charge in [0.1, 0.15) is 5.76 Å². The number of hydrogen-bond acceptors (Lipinski definition) is 4. The third kappa shape index (κ3) is 2.92. The molecule has 1 aromatic heterocycles. The van der Waals surface area contributed by atoms with Gasteiger partial charge >= 0.3 is 0 Å². The summed E-state index contributed by atoms with van der Waals surface area (Å²) in [5.41, 5.74) is 0.890. The Labute approximate surface area is 123 Å². The molecule has 2 rings (SSSR count). The highest BCUT2D eigenvalue weighted by Crippen LogP contribution is 2.37. The van der Waals surface area contributed by atoms with Gasteiger partial charge in [0.2, 0.25) is 0 Å². The first-order valence-corrected chi connectivity index (χ1v) is 6.77. The van der Waals surface area contributed by atoms with Crippen molar-refractivity contribution in [2.24, 2.45) is 0 Å². The quantitative estimate of drug-likeness (QED) is 0.883. The molecule has 0 saturated carbocycles. The number of benzene rings is 1. The second-order valence-corrected chi connectivity index (χ2v) is 4.64. The molecule has 0 aliphatic carbocycles. The van der Waals surface area contributed by atoms with Gasteiger partial charge in [-0.15, -0.1) is 0 Å². The lowest BCUT2D eigenvalue weighted by Gasteiger charge is -2.19. The van der Waals surface area contributed by atoms with Gasteiger partial charge < -0.3 is 19.2 Å². The maximum Gasteiger partial charge on any atom is 0.162 e. The van der Waals surface area contributed by atoms with Gasteiger partial charge in [0, 0.05) is 11.1 Å². The molecule has 1 heterocycles. The number of rotatable bonds is 6. The van der Waals surface area contributed by atoms with Crippen molar-refractivity contribution in [3.05, 3.63) is 46.9 Å². The zero-order valence-corrected chi connectivity index (χ0v) is 12.5. The fraction of sp³-hybridized carbons (Fsp3) is 0.333. The third-order valence-corrected chi connectivity index (χ3v) is 3.38. The van der Waals surface area contributed by atoms with Crippen LogP contribution in [0.25, 0.3) is 0 Å². The molecule has 1 atom stereocenters. The summed E-state index contributed by atoms with van der Waals surface area (Å²) in [5, 5.41) is 3.96. The van der Waals surface area contributed by atoms with E-state index in [9.17, 15) is 0 Å². The summed E-state index contributed by atoms with van der Waals surface area (Å²) >= 11 is 6.37. The van der Waals surface area contributed by atoms with Crippen LogP contribution in [0.15, 0.2) is 34.9 Å². The van der Waals surface area contributed by atoms with Gasteiger partial charge in [-0.1, -0.05) is 18.5 Å². The van der Waals surface area contributed by atoms with Crippen LogP contribution in [0.1, 0.15) is 24.3 Å². The van der Waals surface area contributed by atoms with Crippen LogP contribution in [0.3, 0.4) is 0 Å². The minimum Gasteiger partial charge on any atom is -0.493 e. The van der Waals surface area contributed by atoms with Crippen LogP contribution < -0.4 is 14.8 Å². The second kappa shape index (κ2) is 6.68. The maximum atomic E-state index is 6.37. The molecule has 108 valence electrons. The summed E-state index contributed by atoms with van der Waals surface area (Å²) in [6, 6.07) is 7.27. The first-order chi connectivity index (χ1) is 9.71. The normalized spacial score (nSPS) is 12.2. The van der Waals surface area contributed by atoms with Crippen molar-refractivity contribution >= 4 is 11.6 Å². The van der Waals surface area contributed by atoms with Crippen LogP contribution in [0.5, 0.6) is 11.5 Å². The molecule has 20 heavy (non-hydrogen) atoms. The van der Waals surface area contributed by atoms with Crippen molar-refractivity contribution in [2.45, 2.75) is 13.0 Å². The van der Waals surface area contributed by atoms with Gasteiger partial charge in [-0.25, -0.2) is 0 Å². The fourth-order valence-electron chi connectivity index (χ4n) is 2.11. The molecule has 0 spiro atoms. The Bertz CT molecular complexity index is 554. The van der Waals surface area contributed by atoms with E-state index in [4.69, 9.17) is 25.5 Å². The van der Waals surface area contributed by atoms with Crippen LogP contribution in [-0.4, -0.2) is 20.8 Å². The van der Waals surface area contributed by atoms with E-state index in [0.717, 1.165) is 17.9 Å². The Kier molecular flexibility index (Phi) is 4.93. The van der Waals surface area contributed by atoms with Crippen molar-refractivity contribution < 1.29 is 13.9 Å². The van der Waals surface area contributed by atoms with E-state index in [1.807, 2.05) is 25.1 Å². The third-order valence-electron chi connectivity index (χ3n) is 3.05. The Morgan fingerprint density at radius 2 is 1.95 bits per heavy atom. The summed E-state index contributed by atoms with van der Waals surface area (Å²) < 4.78 is 16.1. The second-order valence-electron chi connectivity index (χ2n) is 4.23. The average Bonchev–Trinajstić information content (AvgIpc) is 2.98. The fourth-order valence-corrected chi connectivity index (χ4v) is 2.38. The highest BCUT2D eigenvalue weighted by atomic mass is 35.5. The lowest BCUT2D eigenvalue weighted by molar-refractivity contribution is 0.353. The standard InChI is InChI=1S/C15H18ClNO3/c1-4-17-15(12-6-5-7-20-12)10-8-13(18-2)14(19-3)9-11(10)16/h5-9,15,17H,4H2,1-3H3. The van der Waals surface area contributed by atoms with Crippen molar-refractivity contribution in [3.8, 4) is 11.5 Å². The van der Waals surface area contributed by atoms with E-state index < -0.39 is 0 Å². The number of methoxy groups -OCH3 is 2. The predicted octanol–water partition coefficient (Wildman–Crippen LogP) is 3.65. The maximum absolute atomic E-state index is 6.37. The number of hydrogen-bond donors (Lipinski definition) is 1. The molecule has 0 fully saturated rings. The predicted molar refractivity (Wildman–Crippen MR) is 78.8 cm³/mol. The molecule has 0 aliphatic heterocycles. The molecule has 4 nitrogen and oxygen atoms in total. The molecule has 1 unspecified atom stereocenters. The Hall–Kier alpha value is -1.65. The smallest absolute Gasteiger partial charge is 0.162 e. The molecule has 1 N–H and O–H groups in total. The number of nitrogens with one attached hydrogen (secondary N) is 1. The molecule has 0 bridgehead atoms. The summed E-state index contributed by atoms with van der Waals surface area (Å²) in [6.45, 7) is 2.82. The van der Waals surface area contributed by atoms with Gasteiger partial charge in [0.15, 0.2) is 11.5 Å². The van der Waals surface area contributed by atoms with E-state index in [-0.39, 0.29) is 6.04 Å². The monoisotopic (exact) mass is 295 g/mol. The van der Waals surface area contributed by atoms with Crippen LogP contribution in [0.2, 0.25) is 5.02 Å². The van der Waals surface area contributed by atoms with E-state index in [0.29, 0.717) is 16.5 Å². The van der Waals surface area contributed by atoms with Crippen LogP contribution in [0.4, 0.5) is 0 Å². The van der Waals surface area contributed by atoms with Crippen LogP contribution in [-0.2, 0) is 0 Å². The van der Waals surface area contributed by atoms with E-state index in [1.54, 1.807) is 26.5 Å². The van der Waals surface area contributed by atoms with E-state index in [2.05, 4.69) is 5.32 Å². The van der Waals surface area contributed by atoms with E-state index >= 15 is 0 Å². The summed E-state index contributed by atoms with van der Waals surface area (Å²) in [5.74, 6) is 2.05. The molecular formula is C15H18ClNO3. The Balaban J connectivity index is 2.48. The Morgan fingerprint density at radius 3 is 2.50 bits per heavy atom. The minimum absolute atomic E-state index is 0.123. The van der Waals surface area contributed by atoms with Gasteiger partial charge in [-0.3, -0.25) is 0 Å². The summed E-state index contributed by atoms with van der Waals surface area (Å²) in [4.78, 5) is 0. The lowest BCUT2D eigenvalue weighted by Crippen LogP contribution is -2.22. The van der Waals surface area contributed by atoms with Crippen LogP contribution in [0, 0.1) is 0 Å². The van der Waals surface area contributed by atoms with Gasteiger partial charge in [-0.05, 0) is 30.3 Å². The topological polar surface area (TPSA) is 43.6 Å². The molecule has 1 aromatic carbocycles. The van der Waals surface area contributed by atoms with Gasteiger partial charge in [0.05, 0.1) is 26.5 Å². The lowest BCUT2D eigenvalue weighted by atomic mass is 10.0.